The third-order valence-electron chi connectivity index (χ3n) is 3.91. The number of amides is 2. The van der Waals surface area contributed by atoms with E-state index in [9.17, 15) is 9.59 Å². The highest BCUT2D eigenvalue weighted by molar-refractivity contribution is 5.96. The second kappa shape index (κ2) is 7.35. The monoisotopic (exact) mass is 344 g/mol. The molecule has 0 saturated carbocycles. The second-order valence-corrected chi connectivity index (χ2v) is 5.99. The molecule has 3 rings (SSSR count). The van der Waals surface area contributed by atoms with E-state index in [4.69, 9.17) is 15.2 Å². The molecular formula is C17H20N4O4. The Balaban J connectivity index is 1.60. The van der Waals surface area contributed by atoms with Gasteiger partial charge in [0.2, 0.25) is 11.7 Å². The van der Waals surface area contributed by atoms with Crippen LogP contribution >= 0.6 is 0 Å². The lowest BCUT2D eigenvalue weighted by molar-refractivity contribution is -0.117. The molecule has 1 aromatic carbocycles. The third kappa shape index (κ3) is 4.16. The first kappa shape index (κ1) is 17.0. The van der Waals surface area contributed by atoms with Crippen LogP contribution in [0.2, 0.25) is 0 Å². The number of nitrogens with zero attached hydrogens (tertiary/aromatic N) is 3. The van der Waals surface area contributed by atoms with E-state index in [-0.39, 0.29) is 17.6 Å². The first-order valence-corrected chi connectivity index (χ1v) is 7.96. The average Bonchev–Trinajstić information content (AvgIpc) is 3.10. The normalized spacial score (nSPS) is 17.1. The van der Waals surface area contributed by atoms with Gasteiger partial charge in [-0.05, 0) is 5.56 Å². The molecule has 8 nitrogen and oxygen atoms in total. The first-order chi connectivity index (χ1) is 12.0. The Bertz CT molecular complexity index is 759. The van der Waals surface area contributed by atoms with Gasteiger partial charge < -0.3 is 15.2 Å². The minimum Gasteiger partial charge on any atom is -0.405 e. The van der Waals surface area contributed by atoms with Crippen molar-refractivity contribution in [2.45, 2.75) is 13.0 Å². The summed E-state index contributed by atoms with van der Waals surface area (Å²) >= 11 is 0. The first-order valence-electron chi connectivity index (χ1n) is 7.96. The molecule has 2 N–H and O–H groups in total. The Hall–Kier alpha value is -2.87. The third-order valence-corrected chi connectivity index (χ3v) is 3.91. The van der Waals surface area contributed by atoms with Crippen molar-refractivity contribution in [1.29, 1.82) is 0 Å². The average molecular weight is 344 g/mol. The molecule has 0 radical (unpaired) electrons. The van der Waals surface area contributed by atoms with Gasteiger partial charge >= 0.3 is 6.09 Å². The standard InChI is InChI=1S/C17H20N4O4/c1-20-9-14(25-17(18)23)16(19-20)21-8-13(7-15(21)22)11-24-10-12-5-3-2-4-6-12/h2-6,9,13H,7-8,10-11H2,1H3,(H2,18,23). The minimum atomic E-state index is -0.941. The number of rotatable bonds is 6. The van der Waals surface area contributed by atoms with Gasteiger partial charge in [-0.1, -0.05) is 30.3 Å². The summed E-state index contributed by atoms with van der Waals surface area (Å²) < 4.78 is 12.1. The van der Waals surface area contributed by atoms with Gasteiger partial charge in [0.1, 0.15) is 0 Å². The van der Waals surface area contributed by atoms with Crippen LogP contribution in [-0.2, 0) is 23.2 Å². The lowest BCUT2D eigenvalue weighted by Gasteiger charge is -2.15. The van der Waals surface area contributed by atoms with Gasteiger partial charge in [0.15, 0.2) is 5.75 Å². The van der Waals surface area contributed by atoms with Gasteiger partial charge in [0.25, 0.3) is 0 Å². The van der Waals surface area contributed by atoms with Crippen LogP contribution in [0, 0.1) is 5.92 Å². The zero-order chi connectivity index (χ0) is 17.8. The van der Waals surface area contributed by atoms with Crippen molar-refractivity contribution >= 4 is 17.8 Å². The predicted molar refractivity (Wildman–Crippen MR) is 90.0 cm³/mol. The van der Waals surface area contributed by atoms with Crippen LogP contribution in [0.25, 0.3) is 0 Å². The summed E-state index contributed by atoms with van der Waals surface area (Å²) in [4.78, 5) is 24.8. The number of aryl methyl sites for hydroxylation is 1. The van der Waals surface area contributed by atoms with Crippen LogP contribution < -0.4 is 15.4 Å². The van der Waals surface area contributed by atoms with Gasteiger partial charge in [-0.25, -0.2) is 4.79 Å². The van der Waals surface area contributed by atoms with Crippen molar-refractivity contribution in [3.8, 4) is 5.75 Å². The van der Waals surface area contributed by atoms with E-state index in [1.54, 1.807) is 7.05 Å². The quantitative estimate of drug-likeness (QED) is 0.855. The number of carbonyl (C=O) groups excluding carboxylic acids is 2. The van der Waals surface area contributed by atoms with Crippen LogP contribution in [0.3, 0.4) is 0 Å². The number of anilines is 1. The number of carbonyl (C=O) groups is 2. The molecule has 2 heterocycles. The van der Waals surface area contributed by atoms with Gasteiger partial charge in [-0.15, -0.1) is 0 Å². The highest BCUT2D eigenvalue weighted by Crippen LogP contribution is 2.31. The van der Waals surface area contributed by atoms with Crippen LogP contribution in [-0.4, -0.2) is 34.9 Å². The molecule has 25 heavy (non-hydrogen) atoms. The van der Waals surface area contributed by atoms with Crippen molar-refractivity contribution in [2.24, 2.45) is 18.7 Å². The molecule has 2 aromatic rings. The van der Waals surface area contributed by atoms with Crippen molar-refractivity contribution in [2.75, 3.05) is 18.1 Å². The zero-order valence-electron chi connectivity index (χ0n) is 13.9. The minimum absolute atomic E-state index is 0.0552. The molecule has 1 fully saturated rings. The summed E-state index contributed by atoms with van der Waals surface area (Å²) in [5.41, 5.74) is 6.15. The molecule has 1 unspecified atom stereocenters. The lowest BCUT2D eigenvalue weighted by Crippen LogP contribution is -2.27. The number of primary amides is 1. The van der Waals surface area contributed by atoms with Crippen LogP contribution in [0.5, 0.6) is 5.75 Å². The fraction of sp³-hybridized carbons (Fsp3) is 0.353. The number of hydrogen-bond donors (Lipinski definition) is 1. The Labute approximate surface area is 145 Å². The molecule has 0 aliphatic carbocycles. The number of hydrogen-bond acceptors (Lipinski definition) is 5. The molecule has 2 amide bonds. The van der Waals surface area contributed by atoms with Crippen LogP contribution in [0.4, 0.5) is 10.6 Å². The Morgan fingerprint density at radius 3 is 2.84 bits per heavy atom. The van der Waals surface area contributed by atoms with Gasteiger partial charge in [0, 0.05) is 25.9 Å². The van der Waals surface area contributed by atoms with Gasteiger partial charge in [-0.3, -0.25) is 14.4 Å². The lowest BCUT2D eigenvalue weighted by atomic mass is 10.1. The molecule has 1 aliphatic heterocycles. The Morgan fingerprint density at radius 1 is 1.36 bits per heavy atom. The molecule has 8 heteroatoms. The largest absolute Gasteiger partial charge is 0.410 e. The molecular weight excluding hydrogens is 324 g/mol. The molecule has 0 bridgehead atoms. The molecule has 1 aliphatic rings. The number of benzene rings is 1. The topological polar surface area (TPSA) is 99.7 Å². The predicted octanol–water partition coefficient (Wildman–Crippen LogP) is 1.45. The molecule has 132 valence electrons. The SMILES string of the molecule is Cn1cc(OC(N)=O)c(N2CC(COCc3ccccc3)CC2=O)n1. The maximum Gasteiger partial charge on any atom is 0.410 e. The Kier molecular flexibility index (Phi) is 4.99. The highest BCUT2D eigenvalue weighted by atomic mass is 16.5. The van der Waals surface area contributed by atoms with E-state index in [0.717, 1.165) is 5.56 Å². The van der Waals surface area contributed by atoms with Gasteiger partial charge in [-0.2, -0.15) is 5.10 Å². The number of ether oxygens (including phenoxy) is 2. The van der Waals surface area contributed by atoms with E-state index in [1.165, 1.54) is 15.8 Å². The maximum atomic E-state index is 12.3. The highest BCUT2D eigenvalue weighted by Gasteiger charge is 2.34. The maximum absolute atomic E-state index is 12.3. The van der Waals surface area contributed by atoms with Crippen LogP contribution in [0.1, 0.15) is 12.0 Å². The van der Waals surface area contributed by atoms with E-state index in [1.807, 2.05) is 30.3 Å². The molecule has 1 aromatic heterocycles. The summed E-state index contributed by atoms with van der Waals surface area (Å²) in [6.07, 6.45) is 0.928. The smallest absolute Gasteiger partial charge is 0.405 e. The van der Waals surface area contributed by atoms with Gasteiger partial charge in [0.05, 0.1) is 19.4 Å². The molecule has 0 spiro atoms. The second-order valence-electron chi connectivity index (χ2n) is 5.99. The fourth-order valence-electron chi connectivity index (χ4n) is 2.84. The van der Waals surface area contributed by atoms with Crippen molar-refractivity contribution in [3.05, 3.63) is 42.1 Å². The van der Waals surface area contributed by atoms with Crippen LogP contribution in [0.15, 0.2) is 36.5 Å². The fourth-order valence-corrected chi connectivity index (χ4v) is 2.84. The molecule has 1 saturated heterocycles. The molecule has 1 atom stereocenters. The summed E-state index contributed by atoms with van der Waals surface area (Å²) in [5, 5.41) is 4.21. The summed E-state index contributed by atoms with van der Waals surface area (Å²) in [5.74, 6) is 0.451. The van der Waals surface area contributed by atoms with Crippen molar-refractivity contribution in [1.82, 2.24) is 9.78 Å². The summed E-state index contributed by atoms with van der Waals surface area (Å²) in [7, 11) is 1.68. The van der Waals surface area contributed by atoms with E-state index in [2.05, 4.69) is 5.10 Å². The number of nitrogens with two attached hydrogens (primary N) is 1. The van der Waals surface area contributed by atoms with Crippen molar-refractivity contribution in [3.63, 3.8) is 0 Å². The van der Waals surface area contributed by atoms with E-state index < -0.39 is 6.09 Å². The zero-order valence-corrected chi connectivity index (χ0v) is 13.9. The number of aromatic nitrogens is 2. The Morgan fingerprint density at radius 2 is 2.12 bits per heavy atom. The summed E-state index contributed by atoms with van der Waals surface area (Å²) in [6, 6.07) is 9.86. The van der Waals surface area contributed by atoms with E-state index in [0.29, 0.717) is 32.0 Å². The van der Waals surface area contributed by atoms with Crippen molar-refractivity contribution < 1.29 is 19.1 Å². The van der Waals surface area contributed by atoms with E-state index >= 15 is 0 Å². The summed E-state index contributed by atoms with van der Waals surface area (Å²) in [6.45, 7) is 1.43.